The molecule has 20 heavy (non-hydrogen) atoms. The van der Waals surface area contributed by atoms with E-state index in [-0.39, 0.29) is 6.10 Å². The highest BCUT2D eigenvalue weighted by molar-refractivity contribution is 9.10. The van der Waals surface area contributed by atoms with Crippen LogP contribution in [-0.2, 0) is 4.74 Å². The van der Waals surface area contributed by atoms with Gasteiger partial charge in [-0.3, -0.25) is 4.90 Å². The molecule has 1 N–H and O–H groups in total. The summed E-state index contributed by atoms with van der Waals surface area (Å²) in [4.78, 5) is 2.42. The number of hydrogen-bond donors (Lipinski definition) is 1. The van der Waals surface area contributed by atoms with E-state index < -0.39 is 0 Å². The lowest BCUT2D eigenvalue weighted by Gasteiger charge is -2.35. The molecule has 0 radical (unpaired) electrons. The highest BCUT2D eigenvalue weighted by Gasteiger charge is 2.22. The Morgan fingerprint density at radius 3 is 3.05 bits per heavy atom. The van der Waals surface area contributed by atoms with Gasteiger partial charge in [-0.2, -0.15) is 5.26 Å². The number of rotatable bonds is 4. The van der Waals surface area contributed by atoms with Crippen LogP contribution in [-0.4, -0.2) is 43.3 Å². The summed E-state index contributed by atoms with van der Waals surface area (Å²) in [5.41, 5.74) is 1.51. The van der Waals surface area contributed by atoms with Crippen LogP contribution in [0.2, 0.25) is 0 Å². The van der Waals surface area contributed by atoms with Gasteiger partial charge in [-0.25, -0.2) is 0 Å². The molecule has 1 heterocycles. The monoisotopic (exact) mass is 337 g/mol. The van der Waals surface area contributed by atoms with Crippen LogP contribution in [0.4, 0.5) is 5.69 Å². The van der Waals surface area contributed by atoms with Crippen LogP contribution in [0.3, 0.4) is 0 Å². The molecule has 1 saturated heterocycles. The minimum atomic E-state index is 0.164. The first-order valence-corrected chi connectivity index (χ1v) is 7.68. The van der Waals surface area contributed by atoms with Crippen LogP contribution in [0.1, 0.15) is 19.4 Å². The molecule has 1 fully saturated rings. The third-order valence-corrected chi connectivity index (χ3v) is 4.02. The molecule has 4 nitrogen and oxygen atoms in total. The second-order valence-corrected chi connectivity index (χ2v) is 6.18. The van der Waals surface area contributed by atoms with Gasteiger partial charge in [-0.05, 0) is 32.0 Å². The SMILES string of the molecule is CC(C)N1CCOC(CNc2cc(Br)ccc2C#N)C1. The number of anilines is 1. The summed E-state index contributed by atoms with van der Waals surface area (Å²) >= 11 is 3.43. The average Bonchev–Trinajstić information content (AvgIpc) is 2.45. The summed E-state index contributed by atoms with van der Waals surface area (Å²) in [5, 5.41) is 12.4. The van der Waals surface area contributed by atoms with Gasteiger partial charge in [-0.15, -0.1) is 0 Å². The molecule has 0 amide bonds. The molecule has 1 aliphatic rings. The highest BCUT2D eigenvalue weighted by atomic mass is 79.9. The third kappa shape index (κ3) is 3.95. The first-order valence-electron chi connectivity index (χ1n) is 6.89. The van der Waals surface area contributed by atoms with Crippen molar-refractivity contribution in [2.75, 3.05) is 31.6 Å². The number of nitrogens with zero attached hydrogens (tertiary/aromatic N) is 2. The van der Waals surface area contributed by atoms with Gasteiger partial charge in [0.25, 0.3) is 0 Å². The van der Waals surface area contributed by atoms with Gasteiger partial charge in [0.1, 0.15) is 6.07 Å². The van der Waals surface area contributed by atoms with Crippen LogP contribution in [0.25, 0.3) is 0 Å². The second-order valence-electron chi connectivity index (χ2n) is 5.26. The maximum Gasteiger partial charge on any atom is 0.101 e. The molecular formula is C15H20BrN3O. The molecule has 1 atom stereocenters. The van der Waals surface area contributed by atoms with Gasteiger partial charge in [-0.1, -0.05) is 15.9 Å². The normalized spacial score (nSPS) is 19.9. The van der Waals surface area contributed by atoms with Crippen LogP contribution in [0, 0.1) is 11.3 Å². The largest absolute Gasteiger partial charge is 0.381 e. The topological polar surface area (TPSA) is 48.3 Å². The molecule has 0 aliphatic carbocycles. The van der Waals surface area contributed by atoms with Crippen molar-refractivity contribution >= 4 is 21.6 Å². The highest BCUT2D eigenvalue weighted by Crippen LogP contribution is 2.21. The molecule has 108 valence electrons. The van der Waals surface area contributed by atoms with Gasteiger partial charge >= 0.3 is 0 Å². The molecule has 2 rings (SSSR count). The number of halogens is 1. The molecule has 1 aliphatic heterocycles. The van der Waals surface area contributed by atoms with Crippen molar-refractivity contribution in [3.63, 3.8) is 0 Å². The van der Waals surface area contributed by atoms with E-state index in [1.165, 1.54) is 0 Å². The third-order valence-electron chi connectivity index (χ3n) is 3.52. The van der Waals surface area contributed by atoms with E-state index in [2.05, 4.69) is 46.1 Å². The first kappa shape index (κ1) is 15.3. The van der Waals surface area contributed by atoms with E-state index in [1.54, 1.807) is 0 Å². The number of nitriles is 1. The quantitative estimate of drug-likeness (QED) is 0.917. The summed E-state index contributed by atoms with van der Waals surface area (Å²) in [6.45, 7) is 7.83. The summed E-state index contributed by atoms with van der Waals surface area (Å²) < 4.78 is 6.75. The molecule has 1 unspecified atom stereocenters. The Bertz CT molecular complexity index is 498. The lowest BCUT2D eigenvalue weighted by molar-refractivity contribution is -0.0315. The van der Waals surface area contributed by atoms with Gasteiger partial charge in [0, 0.05) is 30.1 Å². The fourth-order valence-corrected chi connectivity index (χ4v) is 2.68. The predicted molar refractivity (Wildman–Crippen MR) is 83.8 cm³/mol. The van der Waals surface area contributed by atoms with Crippen LogP contribution >= 0.6 is 15.9 Å². The Morgan fingerprint density at radius 2 is 2.35 bits per heavy atom. The molecular weight excluding hydrogens is 318 g/mol. The van der Waals surface area contributed by atoms with Crippen molar-refractivity contribution in [1.29, 1.82) is 5.26 Å². The van der Waals surface area contributed by atoms with Crippen molar-refractivity contribution in [3.8, 4) is 6.07 Å². The lowest BCUT2D eigenvalue weighted by atomic mass is 10.2. The van der Waals surface area contributed by atoms with E-state index in [0.29, 0.717) is 18.2 Å². The van der Waals surface area contributed by atoms with Crippen molar-refractivity contribution in [2.45, 2.75) is 26.0 Å². The van der Waals surface area contributed by atoms with Crippen LogP contribution < -0.4 is 5.32 Å². The lowest BCUT2D eigenvalue weighted by Crippen LogP contribution is -2.48. The Hall–Kier alpha value is -1.09. The zero-order valence-electron chi connectivity index (χ0n) is 11.9. The van der Waals surface area contributed by atoms with E-state index in [4.69, 9.17) is 10.00 Å². The molecule has 0 bridgehead atoms. The Balaban J connectivity index is 1.95. The number of hydrogen-bond acceptors (Lipinski definition) is 4. The van der Waals surface area contributed by atoms with Crippen LogP contribution in [0.5, 0.6) is 0 Å². The number of benzene rings is 1. The molecule has 1 aromatic rings. The number of nitrogens with one attached hydrogen (secondary N) is 1. The number of ether oxygens (including phenoxy) is 1. The van der Waals surface area contributed by atoms with Gasteiger partial charge in [0.15, 0.2) is 0 Å². The fraction of sp³-hybridized carbons (Fsp3) is 0.533. The molecule has 0 spiro atoms. The average molecular weight is 338 g/mol. The van der Waals surface area contributed by atoms with E-state index in [9.17, 15) is 0 Å². The Labute approximate surface area is 128 Å². The van der Waals surface area contributed by atoms with Crippen molar-refractivity contribution in [3.05, 3.63) is 28.2 Å². The summed E-state index contributed by atoms with van der Waals surface area (Å²) in [6.07, 6.45) is 0.164. The van der Waals surface area contributed by atoms with Crippen LogP contribution in [0.15, 0.2) is 22.7 Å². The first-order chi connectivity index (χ1) is 9.60. The molecule has 1 aromatic carbocycles. The Morgan fingerprint density at radius 1 is 1.55 bits per heavy atom. The summed E-state index contributed by atoms with van der Waals surface area (Å²) in [5.74, 6) is 0. The van der Waals surface area contributed by atoms with E-state index >= 15 is 0 Å². The Kier molecular flexibility index (Phi) is 5.41. The fourth-order valence-electron chi connectivity index (χ4n) is 2.32. The van der Waals surface area contributed by atoms with Crippen molar-refractivity contribution in [2.24, 2.45) is 0 Å². The maximum absolute atomic E-state index is 9.12. The standard InChI is InChI=1S/C15H20BrN3O/c1-11(2)19-5-6-20-14(10-19)9-18-15-7-13(16)4-3-12(15)8-17/h3-4,7,11,14,18H,5-6,9-10H2,1-2H3. The van der Waals surface area contributed by atoms with Gasteiger partial charge in [0.05, 0.1) is 24.0 Å². The summed E-state index contributed by atoms with van der Waals surface area (Å²) in [6, 6.07) is 8.37. The van der Waals surface area contributed by atoms with Crippen molar-refractivity contribution < 1.29 is 4.74 Å². The molecule has 0 aromatic heterocycles. The zero-order valence-corrected chi connectivity index (χ0v) is 13.5. The maximum atomic E-state index is 9.12. The zero-order chi connectivity index (χ0) is 14.5. The van der Waals surface area contributed by atoms with Gasteiger partial charge in [0.2, 0.25) is 0 Å². The van der Waals surface area contributed by atoms with E-state index in [0.717, 1.165) is 29.9 Å². The predicted octanol–water partition coefficient (Wildman–Crippen LogP) is 2.84. The number of morpholine rings is 1. The summed E-state index contributed by atoms with van der Waals surface area (Å²) in [7, 11) is 0. The molecule has 5 heteroatoms. The van der Waals surface area contributed by atoms with Crippen molar-refractivity contribution in [1.82, 2.24) is 4.90 Å². The minimum absolute atomic E-state index is 0.164. The second kappa shape index (κ2) is 7.07. The molecule has 0 saturated carbocycles. The smallest absolute Gasteiger partial charge is 0.101 e. The van der Waals surface area contributed by atoms with Gasteiger partial charge < -0.3 is 10.1 Å². The van der Waals surface area contributed by atoms with E-state index in [1.807, 2.05) is 18.2 Å². The minimum Gasteiger partial charge on any atom is -0.381 e.